The summed E-state index contributed by atoms with van der Waals surface area (Å²) >= 11 is 12.3. The molecule has 0 heterocycles. The molecule has 0 bridgehead atoms. The van der Waals surface area contributed by atoms with Gasteiger partial charge in [-0.05, 0) is 113 Å². The van der Waals surface area contributed by atoms with Crippen LogP contribution in [0.3, 0.4) is 0 Å². The van der Waals surface area contributed by atoms with Crippen molar-refractivity contribution in [3.8, 4) is 5.75 Å². The number of esters is 2. The first kappa shape index (κ1) is 34.4. The molecule has 0 aliphatic carbocycles. The number of methoxy groups -OCH3 is 1. The van der Waals surface area contributed by atoms with E-state index in [1.54, 1.807) is 0 Å². The third-order valence-corrected chi connectivity index (χ3v) is 7.48. The number of halogens is 2. The summed E-state index contributed by atoms with van der Waals surface area (Å²) in [7, 11) is 3.48. The Kier molecular flexibility index (Phi) is 13.4. The molecule has 0 saturated heterocycles. The van der Waals surface area contributed by atoms with Gasteiger partial charge < -0.3 is 19.1 Å². The molecule has 1 unspecified atom stereocenters. The van der Waals surface area contributed by atoms with Crippen molar-refractivity contribution >= 4 is 35.1 Å². The van der Waals surface area contributed by atoms with Crippen molar-refractivity contribution in [1.82, 2.24) is 4.90 Å². The van der Waals surface area contributed by atoms with Crippen LogP contribution in [0.4, 0.5) is 0 Å². The van der Waals surface area contributed by atoms with Crippen molar-refractivity contribution in [2.24, 2.45) is 0 Å². The second kappa shape index (κ2) is 16.7. The monoisotopic (exact) mass is 627 g/mol. The fourth-order valence-electron chi connectivity index (χ4n) is 4.83. The van der Waals surface area contributed by atoms with Crippen molar-refractivity contribution in [2.45, 2.75) is 70.5 Å². The van der Waals surface area contributed by atoms with Crippen LogP contribution in [-0.4, -0.2) is 55.8 Å². The molecule has 232 valence electrons. The molecule has 43 heavy (non-hydrogen) atoms. The largest absolute Gasteiger partial charge is 0.479 e. The molecule has 1 atom stereocenters. The SMILES string of the molecule is COC(=O)C(CCCC(=O)OC(C)(C)C)Oc1ccc(CCCN(C)CC(c2ccc(Cl)cc2)c2ccc(Cl)cc2)cc1. The normalized spacial score (nSPS) is 12.3. The maximum atomic E-state index is 12.3. The molecule has 0 radical (unpaired) electrons. The summed E-state index contributed by atoms with van der Waals surface area (Å²) in [5.41, 5.74) is 3.07. The topological polar surface area (TPSA) is 65.1 Å². The zero-order chi connectivity index (χ0) is 31.4. The number of benzene rings is 3. The van der Waals surface area contributed by atoms with Gasteiger partial charge in [-0.25, -0.2) is 4.79 Å². The van der Waals surface area contributed by atoms with E-state index in [0.717, 1.165) is 36.0 Å². The van der Waals surface area contributed by atoms with Crippen molar-refractivity contribution in [1.29, 1.82) is 0 Å². The first-order chi connectivity index (χ1) is 20.4. The second-order valence-electron chi connectivity index (χ2n) is 11.8. The van der Waals surface area contributed by atoms with E-state index < -0.39 is 17.7 Å². The molecular formula is C35H43Cl2NO5. The van der Waals surface area contributed by atoms with E-state index in [1.165, 1.54) is 23.8 Å². The minimum absolute atomic E-state index is 0.197. The highest BCUT2D eigenvalue weighted by atomic mass is 35.5. The summed E-state index contributed by atoms with van der Waals surface area (Å²) in [5.74, 6) is 0.0218. The first-order valence-corrected chi connectivity index (χ1v) is 15.4. The summed E-state index contributed by atoms with van der Waals surface area (Å²) in [4.78, 5) is 26.7. The highest BCUT2D eigenvalue weighted by Crippen LogP contribution is 2.28. The van der Waals surface area contributed by atoms with Gasteiger partial charge in [-0.2, -0.15) is 0 Å². The molecule has 0 aliphatic heterocycles. The molecule has 0 aromatic heterocycles. The van der Waals surface area contributed by atoms with Gasteiger partial charge in [0.1, 0.15) is 11.4 Å². The average Bonchev–Trinajstić information content (AvgIpc) is 2.96. The third kappa shape index (κ3) is 12.2. The first-order valence-electron chi connectivity index (χ1n) is 14.7. The Labute approximate surface area is 266 Å². The van der Waals surface area contributed by atoms with Crippen LogP contribution in [-0.2, 0) is 25.5 Å². The van der Waals surface area contributed by atoms with Gasteiger partial charge in [0.25, 0.3) is 0 Å². The molecule has 0 amide bonds. The molecule has 0 fully saturated rings. The van der Waals surface area contributed by atoms with E-state index in [2.05, 4.69) is 36.2 Å². The van der Waals surface area contributed by atoms with Gasteiger partial charge in [0.05, 0.1) is 7.11 Å². The number of likely N-dealkylation sites (N-methyl/N-ethyl adjacent to an activating group) is 1. The number of rotatable bonds is 15. The number of carbonyl (C=O) groups excluding carboxylic acids is 2. The molecule has 0 saturated carbocycles. The summed E-state index contributed by atoms with van der Waals surface area (Å²) in [5, 5.41) is 1.45. The Morgan fingerprint density at radius 1 is 0.837 bits per heavy atom. The molecule has 6 nitrogen and oxygen atoms in total. The fraction of sp³-hybridized carbons (Fsp3) is 0.429. The van der Waals surface area contributed by atoms with E-state index in [-0.39, 0.29) is 18.3 Å². The number of ether oxygens (including phenoxy) is 3. The lowest BCUT2D eigenvalue weighted by Gasteiger charge is -2.25. The van der Waals surface area contributed by atoms with Gasteiger partial charge in [-0.15, -0.1) is 0 Å². The van der Waals surface area contributed by atoms with Gasteiger partial charge in [0, 0.05) is 28.9 Å². The van der Waals surface area contributed by atoms with Gasteiger partial charge >= 0.3 is 11.9 Å². The zero-order valence-corrected chi connectivity index (χ0v) is 27.3. The van der Waals surface area contributed by atoms with Crippen LogP contribution in [0.1, 0.15) is 69.1 Å². The quantitative estimate of drug-likeness (QED) is 0.159. The lowest BCUT2D eigenvalue weighted by Crippen LogP contribution is -2.29. The summed E-state index contributed by atoms with van der Waals surface area (Å²) < 4.78 is 16.2. The van der Waals surface area contributed by atoms with Gasteiger partial charge in [0.15, 0.2) is 6.10 Å². The lowest BCUT2D eigenvalue weighted by molar-refractivity contribution is -0.156. The molecule has 3 aromatic carbocycles. The molecule has 0 spiro atoms. The zero-order valence-electron chi connectivity index (χ0n) is 25.8. The predicted octanol–water partition coefficient (Wildman–Crippen LogP) is 8.12. The van der Waals surface area contributed by atoms with Gasteiger partial charge in [-0.3, -0.25) is 4.79 Å². The number of hydrogen-bond acceptors (Lipinski definition) is 6. The van der Waals surface area contributed by atoms with Crippen LogP contribution in [0.15, 0.2) is 72.8 Å². The highest BCUT2D eigenvalue weighted by Gasteiger charge is 2.23. The van der Waals surface area contributed by atoms with Crippen LogP contribution in [0.2, 0.25) is 10.0 Å². The Morgan fingerprint density at radius 2 is 1.40 bits per heavy atom. The number of hydrogen-bond donors (Lipinski definition) is 0. The molecule has 3 aromatic rings. The van der Waals surface area contributed by atoms with Crippen molar-refractivity contribution in [3.05, 3.63) is 99.5 Å². The highest BCUT2D eigenvalue weighted by molar-refractivity contribution is 6.30. The molecular weight excluding hydrogens is 585 g/mol. The predicted molar refractivity (Wildman–Crippen MR) is 173 cm³/mol. The number of carbonyl (C=O) groups is 2. The summed E-state index contributed by atoms with van der Waals surface area (Å²) in [6, 6.07) is 23.9. The minimum atomic E-state index is -0.791. The van der Waals surface area contributed by atoms with E-state index >= 15 is 0 Å². The Bertz CT molecular complexity index is 1240. The van der Waals surface area contributed by atoms with Crippen LogP contribution in [0.25, 0.3) is 0 Å². The minimum Gasteiger partial charge on any atom is -0.479 e. The van der Waals surface area contributed by atoms with E-state index in [1.807, 2.05) is 69.3 Å². The van der Waals surface area contributed by atoms with Crippen LogP contribution >= 0.6 is 23.2 Å². The van der Waals surface area contributed by atoms with E-state index in [9.17, 15) is 9.59 Å². The van der Waals surface area contributed by atoms with Crippen LogP contribution in [0.5, 0.6) is 5.75 Å². The average molecular weight is 629 g/mol. The fourth-order valence-corrected chi connectivity index (χ4v) is 5.08. The molecule has 0 aliphatic rings. The molecule has 8 heteroatoms. The van der Waals surface area contributed by atoms with Gasteiger partial charge in [-0.1, -0.05) is 59.6 Å². The smallest absolute Gasteiger partial charge is 0.347 e. The van der Waals surface area contributed by atoms with Crippen LogP contribution < -0.4 is 4.74 Å². The molecule has 3 rings (SSSR count). The number of aryl methyl sites for hydroxylation is 1. The lowest BCUT2D eigenvalue weighted by atomic mass is 9.91. The van der Waals surface area contributed by atoms with Gasteiger partial charge in [0.2, 0.25) is 0 Å². The Balaban J connectivity index is 1.51. The van der Waals surface area contributed by atoms with Crippen molar-refractivity contribution in [2.75, 3.05) is 27.2 Å². The van der Waals surface area contributed by atoms with Crippen LogP contribution in [0, 0.1) is 0 Å². The maximum Gasteiger partial charge on any atom is 0.347 e. The summed E-state index contributed by atoms with van der Waals surface area (Å²) in [6.07, 6.45) is 2.13. The van der Waals surface area contributed by atoms with Crippen molar-refractivity contribution in [3.63, 3.8) is 0 Å². The summed E-state index contributed by atoms with van der Waals surface area (Å²) in [6.45, 7) is 7.27. The Morgan fingerprint density at radius 3 is 1.91 bits per heavy atom. The maximum absolute atomic E-state index is 12.3. The van der Waals surface area contributed by atoms with Crippen molar-refractivity contribution < 1.29 is 23.8 Å². The van der Waals surface area contributed by atoms with E-state index in [4.69, 9.17) is 37.4 Å². The molecule has 0 N–H and O–H groups in total. The van der Waals surface area contributed by atoms with E-state index in [0.29, 0.717) is 18.6 Å². The number of nitrogens with zero attached hydrogens (tertiary/aromatic N) is 1. The third-order valence-electron chi connectivity index (χ3n) is 6.98. The standard InChI is InChI=1S/C35H43Cl2NO5/c1-35(2,3)43-33(39)10-6-9-32(34(40)41-5)42-30-21-11-25(12-22-30)8-7-23-38(4)24-31(26-13-17-28(36)18-14-26)27-15-19-29(37)20-16-27/h11-22,31-32H,6-10,23-24H2,1-5H3. The second-order valence-corrected chi connectivity index (χ2v) is 12.6. The Hall–Kier alpha value is -3.06.